The fourth-order valence-corrected chi connectivity index (χ4v) is 3.05. The SMILES string of the molecule is Cc1cc(Br)ccc1C(=O)NC(CBr)Cc1ccccc1. The number of hydrogen-bond acceptors (Lipinski definition) is 1. The maximum absolute atomic E-state index is 12.4. The van der Waals surface area contributed by atoms with Crippen molar-refractivity contribution in [2.75, 3.05) is 5.33 Å². The molecule has 2 aromatic carbocycles. The molecule has 0 fully saturated rings. The van der Waals surface area contributed by atoms with E-state index in [9.17, 15) is 4.79 Å². The number of hydrogen-bond donors (Lipinski definition) is 1. The second-order valence-corrected chi connectivity index (χ2v) is 6.54. The molecule has 2 rings (SSSR count). The third kappa shape index (κ3) is 4.68. The van der Waals surface area contributed by atoms with E-state index in [-0.39, 0.29) is 11.9 Å². The molecule has 1 unspecified atom stereocenters. The Labute approximate surface area is 142 Å². The highest BCUT2D eigenvalue weighted by Crippen LogP contribution is 2.16. The van der Waals surface area contributed by atoms with Gasteiger partial charge in [-0.25, -0.2) is 0 Å². The first-order valence-electron chi connectivity index (χ1n) is 6.77. The van der Waals surface area contributed by atoms with Crippen molar-refractivity contribution in [1.29, 1.82) is 0 Å². The second-order valence-electron chi connectivity index (χ2n) is 4.97. The fourth-order valence-electron chi connectivity index (χ4n) is 2.19. The third-order valence-corrected chi connectivity index (χ3v) is 4.55. The average molecular weight is 411 g/mol. The van der Waals surface area contributed by atoms with Gasteiger partial charge in [-0.05, 0) is 42.7 Å². The molecule has 0 aliphatic carbocycles. The molecule has 0 bridgehead atoms. The van der Waals surface area contributed by atoms with Crippen molar-refractivity contribution in [3.05, 3.63) is 69.7 Å². The van der Waals surface area contributed by atoms with Gasteiger partial charge < -0.3 is 5.32 Å². The highest BCUT2D eigenvalue weighted by molar-refractivity contribution is 9.10. The van der Waals surface area contributed by atoms with Crippen LogP contribution in [-0.2, 0) is 6.42 Å². The number of amides is 1. The van der Waals surface area contributed by atoms with Crippen LogP contribution in [0.5, 0.6) is 0 Å². The first kappa shape index (κ1) is 16.2. The molecule has 2 aromatic rings. The van der Waals surface area contributed by atoms with Gasteiger partial charge in [0.05, 0.1) is 0 Å². The van der Waals surface area contributed by atoms with Crippen molar-refractivity contribution >= 4 is 37.8 Å². The first-order chi connectivity index (χ1) is 10.1. The van der Waals surface area contributed by atoms with Crippen molar-refractivity contribution in [2.24, 2.45) is 0 Å². The molecular weight excluding hydrogens is 394 g/mol. The highest BCUT2D eigenvalue weighted by atomic mass is 79.9. The minimum absolute atomic E-state index is 0.0274. The molecular formula is C17H17Br2NO. The van der Waals surface area contributed by atoms with Gasteiger partial charge in [0.15, 0.2) is 0 Å². The van der Waals surface area contributed by atoms with Gasteiger partial charge in [-0.3, -0.25) is 4.79 Å². The van der Waals surface area contributed by atoms with Crippen LogP contribution in [0.15, 0.2) is 53.0 Å². The monoisotopic (exact) mass is 409 g/mol. The van der Waals surface area contributed by atoms with Crippen molar-refractivity contribution in [3.8, 4) is 0 Å². The smallest absolute Gasteiger partial charge is 0.251 e. The number of carbonyl (C=O) groups excluding carboxylic acids is 1. The van der Waals surface area contributed by atoms with Crippen LogP contribution in [0.4, 0.5) is 0 Å². The van der Waals surface area contributed by atoms with E-state index in [0.29, 0.717) is 0 Å². The largest absolute Gasteiger partial charge is 0.348 e. The maximum atomic E-state index is 12.4. The minimum atomic E-state index is -0.0274. The maximum Gasteiger partial charge on any atom is 0.251 e. The summed E-state index contributed by atoms with van der Waals surface area (Å²) in [7, 11) is 0. The number of benzene rings is 2. The molecule has 0 saturated heterocycles. The number of aryl methyl sites for hydroxylation is 1. The topological polar surface area (TPSA) is 29.1 Å². The van der Waals surface area contributed by atoms with Gasteiger partial charge in [-0.15, -0.1) is 0 Å². The zero-order valence-corrected chi connectivity index (χ0v) is 14.9. The van der Waals surface area contributed by atoms with Crippen molar-refractivity contribution in [2.45, 2.75) is 19.4 Å². The lowest BCUT2D eigenvalue weighted by molar-refractivity contribution is 0.0940. The predicted octanol–water partition coefficient (Wildman–Crippen LogP) is 4.49. The molecule has 1 N–H and O–H groups in total. The molecule has 4 heteroatoms. The van der Waals surface area contributed by atoms with Gasteiger partial charge in [0, 0.05) is 21.4 Å². The summed E-state index contributed by atoms with van der Waals surface area (Å²) in [4.78, 5) is 12.4. The van der Waals surface area contributed by atoms with E-state index in [1.807, 2.05) is 43.3 Å². The molecule has 0 aliphatic heterocycles. The van der Waals surface area contributed by atoms with E-state index in [4.69, 9.17) is 0 Å². The number of alkyl halides is 1. The van der Waals surface area contributed by atoms with Gasteiger partial charge in [0.25, 0.3) is 5.91 Å². The lowest BCUT2D eigenvalue weighted by atomic mass is 10.1. The number of carbonyl (C=O) groups is 1. The fraction of sp³-hybridized carbons (Fsp3) is 0.235. The molecule has 1 amide bonds. The van der Waals surface area contributed by atoms with E-state index >= 15 is 0 Å². The molecule has 0 aromatic heterocycles. The standard InChI is InChI=1S/C17H17Br2NO/c1-12-9-14(19)7-8-16(12)17(21)20-15(11-18)10-13-5-3-2-4-6-13/h2-9,15H,10-11H2,1H3,(H,20,21). The zero-order valence-electron chi connectivity index (χ0n) is 11.8. The summed E-state index contributed by atoms with van der Waals surface area (Å²) in [6.07, 6.45) is 0.813. The Bertz CT molecular complexity index is 613. The van der Waals surface area contributed by atoms with Crippen LogP contribution in [0.3, 0.4) is 0 Å². The second kappa shape index (κ2) is 7.76. The van der Waals surface area contributed by atoms with E-state index in [0.717, 1.165) is 27.4 Å². The Morgan fingerprint density at radius 3 is 2.52 bits per heavy atom. The summed E-state index contributed by atoms with van der Waals surface area (Å²) < 4.78 is 0.984. The van der Waals surface area contributed by atoms with Crippen LogP contribution in [0, 0.1) is 6.92 Å². The summed E-state index contributed by atoms with van der Waals surface area (Å²) in [6.45, 7) is 1.94. The van der Waals surface area contributed by atoms with Crippen molar-refractivity contribution in [1.82, 2.24) is 5.32 Å². The minimum Gasteiger partial charge on any atom is -0.348 e. The van der Waals surface area contributed by atoms with Crippen molar-refractivity contribution < 1.29 is 4.79 Å². The van der Waals surface area contributed by atoms with Gasteiger partial charge in [-0.2, -0.15) is 0 Å². The molecule has 0 heterocycles. The molecule has 0 radical (unpaired) electrons. The lowest BCUT2D eigenvalue weighted by Gasteiger charge is -2.17. The summed E-state index contributed by atoms with van der Waals surface area (Å²) >= 11 is 6.90. The molecule has 110 valence electrons. The quantitative estimate of drug-likeness (QED) is 0.722. The van der Waals surface area contributed by atoms with Gasteiger partial charge >= 0.3 is 0 Å². The van der Waals surface area contributed by atoms with Gasteiger partial charge in [-0.1, -0.05) is 62.2 Å². The van der Waals surface area contributed by atoms with Crippen molar-refractivity contribution in [3.63, 3.8) is 0 Å². The summed E-state index contributed by atoms with van der Waals surface area (Å²) in [5.74, 6) is -0.0274. The third-order valence-electron chi connectivity index (χ3n) is 3.28. The number of rotatable bonds is 5. The summed E-state index contributed by atoms with van der Waals surface area (Å²) in [6, 6.07) is 15.9. The number of nitrogens with one attached hydrogen (secondary N) is 1. The normalized spacial score (nSPS) is 12.0. The molecule has 0 spiro atoms. The molecule has 0 saturated carbocycles. The predicted molar refractivity (Wildman–Crippen MR) is 94.1 cm³/mol. The van der Waals surface area contributed by atoms with Crippen LogP contribution in [-0.4, -0.2) is 17.3 Å². The van der Waals surface area contributed by atoms with Crippen LogP contribution >= 0.6 is 31.9 Å². The van der Waals surface area contributed by atoms with Gasteiger partial charge in [0.1, 0.15) is 0 Å². The molecule has 21 heavy (non-hydrogen) atoms. The van der Waals surface area contributed by atoms with E-state index < -0.39 is 0 Å². The lowest BCUT2D eigenvalue weighted by Crippen LogP contribution is -2.38. The Morgan fingerprint density at radius 1 is 1.19 bits per heavy atom. The van der Waals surface area contributed by atoms with E-state index in [1.54, 1.807) is 0 Å². The van der Waals surface area contributed by atoms with E-state index in [1.165, 1.54) is 5.56 Å². The Balaban J connectivity index is 2.06. The van der Waals surface area contributed by atoms with Crippen LogP contribution in [0.2, 0.25) is 0 Å². The Kier molecular flexibility index (Phi) is 6.00. The number of halogens is 2. The Hall–Kier alpha value is -1.13. The average Bonchev–Trinajstić information content (AvgIpc) is 2.47. The van der Waals surface area contributed by atoms with E-state index in [2.05, 4.69) is 49.3 Å². The molecule has 2 nitrogen and oxygen atoms in total. The van der Waals surface area contributed by atoms with Crippen LogP contribution in [0.1, 0.15) is 21.5 Å². The first-order valence-corrected chi connectivity index (χ1v) is 8.68. The van der Waals surface area contributed by atoms with Gasteiger partial charge in [0.2, 0.25) is 0 Å². The summed E-state index contributed by atoms with van der Waals surface area (Å²) in [5.41, 5.74) is 2.90. The van der Waals surface area contributed by atoms with Crippen LogP contribution in [0.25, 0.3) is 0 Å². The van der Waals surface area contributed by atoms with Crippen LogP contribution < -0.4 is 5.32 Å². The molecule has 1 atom stereocenters. The highest BCUT2D eigenvalue weighted by Gasteiger charge is 2.15. The zero-order chi connectivity index (χ0) is 15.2. The summed E-state index contributed by atoms with van der Waals surface area (Å²) in [5, 5.41) is 3.82. The Morgan fingerprint density at radius 2 is 1.90 bits per heavy atom. The molecule has 0 aliphatic rings.